The van der Waals surface area contributed by atoms with E-state index in [0.717, 1.165) is 38.0 Å². The van der Waals surface area contributed by atoms with Crippen LogP contribution in [0.1, 0.15) is 24.8 Å². The molecule has 0 radical (unpaired) electrons. The van der Waals surface area contributed by atoms with E-state index in [1.54, 1.807) is 12.1 Å². The second kappa shape index (κ2) is 6.51. The van der Waals surface area contributed by atoms with Crippen molar-refractivity contribution in [2.24, 2.45) is 0 Å². The van der Waals surface area contributed by atoms with Crippen molar-refractivity contribution in [2.75, 3.05) is 13.1 Å². The van der Waals surface area contributed by atoms with Crippen molar-refractivity contribution < 1.29 is 4.39 Å². The highest BCUT2D eigenvalue weighted by Gasteiger charge is 2.31. The average Bonchev–Trinajstić information content (AvgIpc) is 2.37. The van der Waals surface area contributed by atoms with Crippen molar-refractivity contribution in [3.8, 4) is 6.07 Å². The summed E-state index contributed by atoms with van der Waals surface area (Å²) < 4.78 is 14.1. The van der Waals surface area contributed by atoms with Crippen LogP contribution < -0.4 is 0 Å². The highest BCUT2D eigenvalue weighted by molar-refractivity contribution is 14.1. The van der Waals surface area contributed by atoms with Gasteiger partial charge in [0.05, 0.1) is 10.5 Å². The molecule has 2 rings (SSSR count). The standard InChI is InChI=1S/C14H15BrFIN2/c15-12-2-1-11(9-13(12)16)10-19-7-4-14(17,3-6-18)5-8-19/h1-2,9H,3-5,7-8,10H2. The summed E-state index contributed by atoms with van der Waals surface area (Å²) in [5.41, 5.74) is 1.00. The van der Waals surface area contributed by atoms with Gasteiger partial charge in [-0.1, -0.05) is 28.7 Å². The maximum atomic E-state index is 13.5. The predicted octanol–water partition coefficient (Wildman–Crippen LogP) is 4.27. The third-order valence-corrected chi connectivity index (χ3v) is 5.64. The maximum absolute atomic E-state index is 13.5. The Balaban J connectivity index is 1.92. The van der Waals surface area contributed by atoms with Crippen molar-refractivity contribution >= 4 is 38.5 Å². The van der Waals surface area contributed by atoms with Crippen LogP contribution in [-0.2, 0) is 6.54 Å². The first-order chi connectivity index (χ1) is 9.02. The van der Waals surface area contributed by atoms with E-state index in [1.807, 2.05) is 6.07 Å². The minimum Gasteiger partial charge on any atom is -0.299 e. The predicted molar refractivity (Wildman–Crippen MR) is 85.6 cm³/mol. The maximum Gasteiger partial charge on any atom is 0.137 e. The molecule has 0 atom stereocenters. The highest BCUT2D eigenvalue weighted by Crippen LogP contribution is 2.35. The molecular weight excluding hydrogens is 422 g/mol. The van der Waals surface area contributed by atoms with E-state index in [4.69, 9.17) is 5.26 Å². The Labute approximate surface area is 135 Å². The molecule has 0 bridgehead atoms. The highest BCUT2D eigenvalue weighted by atomic mass is 127. The van der Waals surface area contributed by atoms with Gasteiger partial charge in [0.15, 0.2) is 0 Å². The normalized spacial score (nSPS) is 19.1. The Morgan fingerprint density at radius 3 is 2.68 bits per heavy atom. The van der Waals surface area contributed by atoms with E-state index in [-0.39, 0.29) is 9.24 Å². The van der Waals surface area contributed by atoms with Gasteiger partial charge in [0.1, 0.15) is 5.82 Å². The van der Waals surface area contributed by atoms with Crippen LogP contribution in [0.2, 0.25) is 0 Å². The van der Waals surface area contributed by atoms with E-state index < -0.39 is 0 Å². The van der Waals surface area contributed by atoms with Crippen molar-refractivity contribution in [2.45, 2.75) is 29.2 Å². The molecule has 0 unspecified atom stereocenters. The lowest BCUT2D eigenvalue weighted by molar-refractivity contribution is 0.199. The molecule has 5 heteroatoms. The minimum atomic E-state index is -0.206. The number of hydrogen-bond acceptors (Lipinski definition) is 2. The topological polar surface area (TPSA) is 27.0 Å². The number of alkyl halides is 1. The molecule has 19 heavy (non-hydrogen) atoms. The summed E-state index contributed by atoms with van der Waals surface area (Å²) in [6, 6.07) is 7.57. The fraction of sp³-hybridized carbons (Fsp3) is 0.500. The number of benzene rings is 1. The van der Waals surface area contributed by atoms with Crippen LogP contribution in [0, 0.1) is 17.1 Å². The number of nitrogens with zero attached hydrogens (tertiary/aromatic N) is 2. The zero-order valence-electron chi connectivity index (χ0n) is 10.5. The summed E-state index contributed by atoms with van der Waals surface area (Å²) >= 11 is 5.59. The fourth-order valence-corrected chi connectivity index (χ4v) is 3.23. The zero-order chi connectivity index (χ0) is 13.9. The summed E-state index contributed by atoms with van der Waals surface area (Å²) in [7, 11) is 0. The molecule has 1 aliphatic rings. The fourth-order valence-electron chi connectivity index (χ4n) is 2.33. The molecule has 102 valence electrons. The van der Waals surface area contributed by atoms with Gasteiger partial charge in [0, 0.05) is 16.4 Å². The first-order valence-corrected chi connectivity index (χ1v) is 8.12. The van der Waals surface area contributed by atoms with Crippen molar-refractivity contribution in [3.05, 3.63) is 34.1 Å². The van der Waals surface area contributed by atoms with E-state index >= 15 is 0 Å². The smallest absolute Gasteiger partial charge is 0.137 e. The van der Waals surface area contributed by atoms with Crippen molar-refractivity contribution in [1.29, 1.82) is 5.26 Å². The molecule has 1 fully saturated rings. The first kappa shape index (κ1) is 15.2. The largest absolute Gasteiger partial charge is 0.299 e. The molecule has 1 aromatic carbocycles. The molecule has 1 aromatic rings. The van der Waals surface area contributed by atoms with Gasteiger partial charge in [-0.25, -0.2) is 4.39 Å². The molecule has 0 aliphatic carbocycles. The third kappa shape index (κ3) is 4.14. The van der Waals surface area contributed by atoms with E-state index in [0.29, 0.717) is 10.9 Å². The second-order valence-electron chi connectivity index (χ2n) is 5.01. The van der Waals surface area contributed by atoms with Gasteiger partial charge in [-0.05, 0) is 59.6 Å². The van der Waals surface area contributed by atoms with Crippen LogP contribution in [0.5, 0.6) is 0 Å². The Kier molecular flexibility index (Phi) is 5.21. The summed E-state index contributed by atoms with van der Waals surface area (Å²) in [4.78, 5) is 2.33. The Bertz CT molecular complexity index is 493. The van der Waals surface area contributed by atoms with Gasteiger partial charge in [-0.3, -0.25) is 4.90 Å². The lowest BCUT2D eigenvalue weighted by Crippen LogP contribution is -2.40. The first-order valence-electron chi connectivity index (χ1n) is 6.25. The summed E-state index contributed by atoms with van der Waals surface area (Å²) in [6.45, 7) is 2.73. The number of nitriles is 1. The van der Waals surface area contributed by atoms with Gasteiger partial charge in [0.25, 0.3) is 0 Å². The van der Waals surface area contributed by atoms with Crippen LogP contribution >= 0.6 is 38.5 Å². The number of rotatable bonds is 3. The van der Waals surface area contributed by atoms with Gasteiger partial charge < -0.3 is 0 Å². The molecule has 0 saturated carbocycles. The molecule has 0 amide bonds. The van der Waals surface area contributed by atoms with Crippen molar-refractivity contribution in [1.82, 2.24) is 4.90 Å². The van der Waals surface area contributed by atoms with Gasteiger partial charge in [-0.15, -0.1) is 0 Å². The minimum absolute atomic E-state index is 0.133. The Morgan fingerprint density at radius 2 is 2.11 bits per heavy atom. The molecule has 0 spiro atoms. The van der Waals surface area contributed by atoms with Crippen LogP contribution in [0.4, 0.5) is 4.39 Å². The number of halogens is 3. The monoisotopic (exact) mass is 436 g/mol. The summed E-state index contributed by atoms with van der Waals surface area (Å²) in [5, 5.41) is 8.83. The van der Waals surface area contributed by atoms with Crippen LogP contribution in [0.25, 0.3) is 0 Å². The molecule has 0 aromatic heterocycles. The molecule has 1 heterocycles. The summed E-state index contributed by atoms with van der Waals surface area (Å²) in [6.07, 6.45) is 2.68. The molecule has 0 N–H and O–H groups in total. The molecule has 1 aliphatic heterocycles. The van der Waals surface area contributed by atoms with Gasteiger partial charge in [0.2, 0.25) is 0 Å². The molecule has 1 saturated heterocycles. The van der Waals surface area contributed by atoms with Crippen LogP contribution in [0.3, 0.4) is 0 Å². The van der Waals surface area contributed by atoms with Crippen LogP contribution in [-0.4, -0.2) is 21.4 Å². The number of piperidine rings is 1. The van der Waals surface area contributed by atoms with E-state index in [2.05, 4.69) is 49.5 Å². The Morgan fingerprint density at radius 1 is 1.42 bits per heavy atom. The van der Waals surface area contributed by atoms with E-state index in [1.165, 1.54) is 0 Å². The number of hydrogen-bond donors (Lipinski definition) is 0. The second-order valence-corrected chi connectivity index (χ2v) is 8.15. The zero-order valence-corrected chi connectivity index (χ0v) is 14.2. The number of likely N-dealkylation sites (tertiary alicyclic amines) is 1. The van der Waals surface area contributed by atoms with E-state index in [9.17, 15) is 4.39 Å². The quantitative estimate of drug-likeness (QED) is 0.522. The molecule has 2 nitrogen and oxygen atoms in total. The van der Waals surface area contributed by atoms with Gasteiger partial charge in [-0.2, -0.15) is 5.26 Å². The Hall–Kier alpha value is -0.190. The molecular formula is C14H15BrFIN2. The lowest BCUT2D eigenvalue weighted by atomic mass is 9.94. The van der Waals surface area contributed by atoms with Crippen molar-refractivity contribution in [3.63, 3.8) is 0 Å². The SMILES string of the molecule is N#CCC1(I)CCN(Cc2ccc(Br)c(F)c2)CC1. The van der Waals surface area contributed by atoms with Crippen LogP contribution in [0.15, 0.2) is 22.7 Å². The third-order valence-electron chi connectivity index (χ3n) is 3.54. The average molecular weight is 437 g/mol. The summed E-state index contributed by atoms with van der Waals surface area (Å²) in [5.74, 6) is -0.206. The lowest BCUT2D eigenvalue weighted by Gasteiger charge is -2.36. The van der Waals surface area contributed by atoms with Gasteiger partial charge >= 0.3 is 0 Å².